The number of benzene rings is 2. The van der Waals surface area contributed by atoms with Gasteiger partial charge in [0, 0.05) is 17.6 Å². The molecule has 0 aliphatic rings. The molecule has 2 unspecified atom stereocenters. The van der Waals surface area contributed by atoms with Gasteiger partial charge in [-0.25, -0.2) is 0 Å². The summed E-state index contributed by atoms with van der Waals surface area (Å²) in [4.78, 5) is 0. The predicted octanol–water partition coefficient (Wildman–Crippen LogP) is 4.11. The molecular formula is C17H21NO. The Morgan fingerprint density at radius 2 is 1.63 bits per heavy atom. The summed E-state index contributed by atoms with van der Waals surface area (Å²) >= 11 is 0. The van der Waals surface area contributed by atoms with Crippen LogP contribution in [-0.2, 0) is 0 Å². The summed E-state index contributed by atoms with van der Waals surface area (Å²) in [5.41, 5.74) is 3.26. The molecule has 2 aromatic carbocycles. The highest BCUT2D eigenvalue weighted by molar-refractivity contribution is 5.38. The Hall–Kier alpha value is -1.80. The Morgan fingerprint density at radius 1 is 0.947 bits per heavy atom. The number of hydrogen-bond donors (Lipinski definition) is 2. The number of phenolic OH excluding ortho intramolecular Hbond substituents is 1. The van der Waals surface area contributed by atoms with E-state index >= 15 is 0 Å². The highest BCUT2D eigenvalue weighted by Gasteiger charge is 2.13. The largest absolute Gasteiger partial charge is 0.508 e. The van der Waals surface area contributed by atoms with Crippen molar-refractivity contribution >= 4 is 0 Å². The molecule has 19 heavy (non-hydrogen) atoms. The Bertz CT molecular complexity index is 536. The van der Waals surface area contributed by atoms with Gasteiger partial charge in [0.25, 0.3) is 0 Å². The average molecular weight is 255 g/mol. The van der Waals surface area contributed by atoms with Crippen LogP contribution in [-0.4, -0.2) is 5.11 Å². The molecule has 0 radical (unpaired) electrons. The second kappa shape index (κ2) is 5.89. The van der Waals surface area contributed by atoms with Crippen molar-refractivity contribution in [1.82, 2.24) is 5.32 Å². The molecule has 0 heterocycles. The number of rotatable bonds is 4. The first kappa shape index (κ1) is 13.6. The lowest BCUT2D eigenvalue weighted by molar-refractivity contribution is 0.438. The van der Waals surface area contributed by atoms with E-state index in [-0.39, 0.29) is 12.1 Å². The summed E-state index contributed by atoms with van der Waals surface area (Å²) in [5.74, 6) is 0.361. The fourth-order valence-electron chi connectivity index (χ4n) is 2.32. The average Bonchev–Trinajstić information content (AvgIpc) is 2.39. The van der Waals surface area contributed by atoms with E-state index in [9.17, 15) is 5.11 Å². The highest BCUT2D eigenvalue weighted by atomic mass is 16.3. The van der Waals surface area contributed by atoms with Gasteiger partial charge in [0.1, 0.15) is 5.75 Å². The smallest absolute Gasteiger partial charge is 0.120 e. The van der Waals surface area contributed by atoms with Crippen LogP contribution in [0.3, 0.4) is 0 Å². The third-order valence-electron chi connectivity index (χ3n) is 3.45. The first-order valence-electron chi connectivity index (χ1n) is 6.68. The number of nitrogens with one attached hydrogen (secondary N) is 1. The molecular weight excluding hydrogens is 234 g/mol. The molecule has 2 aromatic rings. The van der Waals surface area contributed by atoms with Gasteiger partial charge in [0.15, 0.2) is 0 Å². The fourth-order valence-corrected chi connectivity index (χ4v) is 2.32. The van der Waals surface area contributed by atoms with Crippen molar-refractivity contribution in [2.24, 2.45) is 0 Å². The zero-order chi connectivity index (χ0) is 13.8. The molecule has 0 aliphatic heterocycles. The van der Waals surface area contributed by atoms with E-state index in [0.717, 1.165) is 11.1 Å². The molecule has 0 fully saturated rings. The lowest BCUT2D eigenvalue weighted by Crippen LogP contribution is -2.22. The lowest BCUT2D eigenvalue weighted by atomic mass is 10.0. The van der Waals surface area contributed by atoms with Crippen molar-refractivity contribution in [3.8, 4) is 5.75 Å². The second-order valence-corrected chi connectivity index (χ2v) is 5.08. The van der Waals surface area contributed by atoms with Crippen LogP contribution in [0.1, 0.15) is 42.6 Å². The van der Waals surface area contributed by atoms with Crippen LogP contribution in [0.4, 0.5) is 0 Å². The van der Waals surface area contributed by atoms with Gasteiger partial charge >= 0.3 is 0 Å². The maximum absolute atomic E-state index is 10.0. The molecule has 0 saturated heterocycles. The Kier molecular flexibility index (Phi) is 4.23. The van der Waals surface area contributed by atoms with Gasteiger partial charge in [0.05, 0.1) is 0 Å². The Labute approximate surface area is 115 Å². The van der Waals surface area contributed by atoms with Gasteiger partial charge in [-0.3, -0.25) is 0 Å². The van der Waals surface area contributed by atoms with Gasteiger partial charge in [0.2, 0.25) is 0 Å². The Morgan fingerprint density at radius 3 is 2.26 bits per heavy atom. The maximum Gasteiger partial charge on any atom is 0.120 e. The zero-order valence-corrected chi connectivity index (χ0v) is 11.7. The van der Waals surface area contributed by atoms with E-state index in [2.05, 4.69) is 31.3 Å². The minimum atomic E-state index is 0.107. The first-order valence-corrected chi connectivity index (χ1v) is 6.68. The standard InChI is InChI=1S/C17H21NO/c1-12-9-10-16(17(19)11-12)14(3)18-13(2)15-7-5-4-6-8-15/h4-11,13-14,18-19H,1-3H3. The lowest BCUT2D eigenvalue weighted by Gasteiger charge is -2.21. The normalized spacial score (nSPS) is 14.1. The van der Waals surface area contributed by atoms with E-state index < -0.39 is 0 Å². The molecule has 0 aliphatic carbocycles. The van der Waals surface area contributed by atoms with Crippen molar-refractivity contribution in [2.45, 2.75) is 32.9 Å². The van der Waals surface area contributed by atoms with Crippen LogP contribution in [0.25, 0.3) is 0 Å². The second-order valence-electron chi connectivity index (χ2n) is 5.08. The van der Waals surface area contributed by atoms with E-state index in [1.54, 1.807) is 6.07 Å². The molecule has 0 aromatic heterocycles. The first-order chi connectivity index (χ1) is 9.08. The minimum absolute atomic E-state index is 0.107. The van der Waals surface area contributed by atoms with Crippen LogP contribution in [0.15, 0.2) is 48.5 Å². The van der Waals surface area contributed by atoms with Gasteiger partial charge < -0.3 is 10.4 Å². The summed E-state index contributed by atoms with van der Waals surface area (Å²) < 4.78 is 0. The molecule has 0 amide bonds. The molecule has 0 bridgehead atoms. The monoisotopic (exact) mass is 255 g/mol. The van der Waals surface area contributed by atoms with Crippen LogP contribution < -0.4 is 5.32 Å². The van der Waals surface area contributed by atoms with Crippen molar-refractivity contribution in [3.05, 3.63) is 65.2 Å². The molecule has 2 rings (SSSR count). The molecule has 2 N–H and O–H groups in total. The van der Waals surface area contributed by atoms with Gasteiger partial charge in [-0.2, -0.15) is 0 Å². The third kappa shape index (κ3) is 3.36. The minimum Gasteiger partial charge on any atom is -0.508 e. The number of phenols is 1. The van der Waals surface area contributed by atoms with Crippen molar-refractivity contribution in [1.29, 1.82) is 0 Å². The SMILES string of the molecule is Cc1ccc(C(C)NC(C)c2ccccc2)c(O)c1. The predicted molar refractivity (Wildman–Crippen MR) is 79.3 cm³/mol. The van der Waals surface area contributed by atoms with Crippen molar-refractivity contribution in [2.75, 3.05) is 0 Å². The van der Waals surface area contributed by atoms with E-state index in [4.69, 9.17) is 0 Å². The van der Waals surface area contributed by atoms with E-state index in [0.29, 0.717) is 5.75 Å². The Balaban J connectivity index is 2.10. The van der Waals surface area contributed by atoms with Gasteiger partial charge in [-0.1, -0.05) is 42.5 Å². The van der Waals surface area contributed by atoms with Crippen LogP contribution in [0, 0.1) is 6.92 Å². The summed E-state index contributed by atoms with van der Waals surface area (Å²) in [6.07, 6.45) is 0. The topological polar surface area (TPSA) is 32.3 Å². The van der Waals surface area contributed by atoms with E-state index in [1.807, 2.05) is 37.3 Å². The number of hydrogen-bond acceptors (Lipinski definition) is 2. The van der Waals surface area contributed by atoms with Crippen molar-refractivity contribution in [3.63, 3.8) is 0 Å². The van der Waals surface area contributed by atoms with Crippen LogP contribution in [0.5, 0.6) is 5.75 Å². The van der Waals surface area contributed by atoms with E-state index in [1.165, 1.54) is 5.56 Å². The van der Waals surface area contributed by atoms with Crippen LogP contribution >= 0.6 is 0 Å². The molecule has 2 nitrogen and oxygen atoms in total. The fraction of sp³-hybridized carbons (Fsp3) is 0.294. The maximum atomic E-state index is 10.0. The number of aromatic hydroxyl groups is 1. The van der Waals surface area contributed by atoms with Crippen molar-refractivity contribution < 1.29 is 5.11 Å². The molecule has 2 atom stereocenters. The summed E-state index contributed by atoms with van der Waals surface area (Å²) in [5, 5.41) is 13.5. The molecule has 2 heteroatoms. The number of aryl methyl sites for hydroxylation is 1. The van der Waals surface area contributed by atoms with Gasteiger partial charge in [-0.15, -0.1) is 0 Å². The molecule has 0 saturated carbocycles. The summed E-state index contributed by atoms with van der Waals surface area (Å²) in [7, 11) is 0. The molecule has 0 spiro atoms. The quantitative estimate of drug-likeness (QED) is 0.861. The summed E-state index contributed by atoms with van der Waals surface area (Å²) in [6.45, 7) is 6.19. The highest BCUT2D eigenvalue weighted by Crippen LogP contribution is 2.27. The molecule has 100 valence electrons. The zero-order valence-electron chi connectivity index (χ0n) is 11.7. The summed E-state index contributed by atoms with van der Waals surface area (Å²) in [6, 6.07) is 16.5. The third-order valence-corrected chi connectivity index (χ3v) is 3.45. The van der Waals surface area contributed by atoms with Crippen LogP contribution in [0.2, 0.25) is 0 Å². The van der Waals surface area contributed by atoms with Gasteiger partial charge in [-0.05, 0) is 38.0 Å².